The van der Waals surface area contributed by atoms with Gasteiger partial charge >= 0.3 is 0 Å². The minimum Gasteiger partial charge on any atom is -0.321 e. The molecule has 0 fully saturated rings. The molecule has 4 rings (SSSR count). The lowest BCUT2D eigenvalue weighted by atomic mass is 10.2. The van der Waals surface area contributed by atoms with Crippen LogP contribution in [-0.2, 0) is 19.7 Å². The molecule has 0 aliphatic heterocycles. The van der Waals surface area contributed by atoms with E-state index in [9.17, 15) is 26.4 Å². The molecule has 2 heterocycles. The fourth-order valence-corrected chi connectivity index (χ4v) is 7.37. The van der Waals surface area contributed by atoms with Crippen LogP contribution in [0.1, 0.15) is 0 Å². The second-order valence-electron chi connectivity index (χ2n) is 6.74. The molecule has 0 saturated carbocycles. The highest BCUT2D eigenvalue weighted by Crippen LogP contribution is 2.22. The molecule has 0 bridgehead atoms. The first kappa shape index (κ1) is 21.6. The number of fused-ring (bicyclic) bond motifs is 2. The first-order valence-corrected chi connectivity index (χ1v) is 12.6. The van der Waals surface area contributed by atoms with Gasteiger partial charge in [-0.15, -0.1) is 0 Å². The maximum atomic E-state index is 12.8. The zero-order chi connectivity index (χ0) is 22.6. The molecule has 12 heteroatoms. The van der Waals surface area contributed by atoms with Gasteiger partial charge in [0.05, 0.1) is 0 Å². The van der Waals surface area contributed by atoms with Gasteiger partial charge in [0.1, 0.15) is 9.79 Å². The van der Waals surface area contributed by atoms with Crippen molar-refractivity contribution in [3.05, 3.63) is 79.3 Å². The van der Waals surface area contributed by atoms with Gasteiger partial charge in [-0.1, -0.05) is 35.3 Å². The molecule has 0 amide bonds. The quantitative estimate of drug-likeness (QED) is 0.444. The van der Waals surface area contributed by atoms with Crippen molar-refractivity contribution in [2.24, 2.45) is 0 Å². The van der Waals surface area contributed by atoms with Gasteiger partial charge in [0, 0.05) is 21.1 Å². The molecule has 0 atom stereocenters. The summed E-state index contributed by atoms with van der Waals surface area (Å²) in [5.41, 5.74) is -1.40. The fraction of sp³-hybridized carbons (Fsp3) is 0.0526. The van der Waals surface area contributed by atoms with Crippen molar-refractivity contribution < 1.29 is 16.8 Å². The number of pyridine rings is 2. The molecule has 0 spiro atoms. The van der Waals surface area contributed by atoms with Gasteiger partial charge in [0.15, 0.2) is 24.8 Å². The lowest BCUT2D eigenvalue weighted by Crippen LogP contribution is -2.27. The summed E-state index contributed by atoms with van der Waals surface area (Å²) >= 11 is 11.7. The molecule has 2 N–H and O–H groups in total. The van der Waals surface area contributed by atoms with Gasteiger partial charge in [-0.05, 0) is 47.2 Å². The van der Waals surface area contributed by atoms with E-state index in [-0.39, 0.29) is 0 Å². The van der Waals surface area contributed by atoms with Crippen LogP contribution < -0.4 is 11.1 Å². The van der Waals surface area contributed by atoms with Crippen molar-refractivity contribution in [1.82, 2.24) is 9.97 Å². The van der Waals surface area contributed by atoms with Crippen molar-refractivity contribution in [2.75, 3.05) is 5.08 Å². The van der Waals surface area contributed by atoms with Crippen molar-refractivity contribution in [3.8, 4) is 0 Å². The zero-order valence-corrected chi connectivity index (χ0v) is 18.5. The first-order valence-electron chi connectivity index (χ1n) is 8.57. The lowest BCUT2D eigenvalue weighted by Gasteiger charge is -2.08. The molecule has 2 aromatic carbocycles. The van der Waals surface area contributed by atoms with Crippen molar-refractivity contribution >= 4 is 64.7 Å². The summed E-state index contributed by atoms with van der Waals surface area (Å²) < 4.78 is 51.3. The van der Waals surface area contributed by atoms with Crippen LogP contribution in [0, 0.1) is 0 Å². The molecule has 31 heavy (non-hydrogen) atoms. The number of hydrogen-bond acceptors (Lipinski definition) is 6. The third kappa shape index (κ3) is 4.11. The third-order valence-corrected chi connectivity index (χ3v) is 9.43. The van der Waals surface area contributed by atoms with E-state index >= 15 is 0 Å². The van der Waals surface area contributed by atoms with E-state index < -0.39 is 45.7 Å². The Balaban J connectivity index is 1.81. The summed E-state index contributed by atoms with van der Waals surface area (Å²) in [4.78, 5) is 28.0. The molecular weight excluding hydrogens is 487 g/mol. The number of halogens is 2. The standard InChI is InChI=1S/C19H12Cl2N2O6S2/c20-12-3-1-10-5-16(18(24)22-14(10)7-12)30(26,27)9-31(28,29)17-6-11-2-4-13(21)8-15(11)23-19(17)25/h1-8H,9H2,(H,22,24)(H,23,25). The fourth-order valence-electron chi connectivity index (χ4n) is 3.10. The molecule has 0 aliphatic rings. The highest BCUT2D eigenvalue weighted by molar-refractivity contribution is 8.08. The number of nitrogens with one attached hydrogen (secondary N) is 2. The summed E-state index contributed by atoms with van der Waals surface area (Å²) in [7, 11) is -9.23. The Morgan fingerprint density at radius 2 is 1.03 bits per heavy atom. The Kier molecular flexibility index (Phi) is 5.21. The molecule has 0 unspecified atom stereocenters. The molecule has 8 nitrogen and oxygen atoms in total. The second-order valence-corrected chi connectivity index (χ2v) is 11.9. The van der Waals surface area contributed by atoms with Crippen LogP contribution in [0.15, 0.2) is 67.9 Å². The predicted octanol–water partition coefficient (Wildman–Crippen LogP) is 2.88. The van der Waals surface area contributed by atoms with Crippen LogP contribution in [0.4, 0.5) is 0 Å². The van der Waals surface area contributed by atoms with E-state index in [0.717, 1.165) is 12.1 Å². The van der Waals surface area contributed by atoms with Crippen LogP contribution in [0.5, 0.6) is 0 Å². The molecule has 0 saturated heterocycles. The Labute approximate surface area is 185 Å². The number of benzene rings is 2. The average molecular weight is 499 g/mol. The number of sulfone groups is 2. The van der Waals surface area contributed by atoms with Crippen molar-refractivity contribution in [1.29, 1.82) is 0 Å². The van der Waals surface area contributed by atoms with E-state index in [0.29, 0.717) is 31.9 Å². The Bertz CT molecular complexity index is 1580. The number of hydrogen-bond donors (Lipinski definition) is 2. The van der Waals surface area contributed by atoms with Crippen molar-refractivity contribution in [3.63, 3.8) is 0 Å². The monoisotopic (exact) mass is 498 g/mol. The number of aromatic amines is 2. The highest BCUT2D eigenvalue weighted by Gasteiger charge is 2.30. The Morgan fingerprint density at radius 3 is 1.42 bits per heavy atom. The van der Waals surface area contributed by atoms with Crippen LogP contribution >= 0.6 is 23.2 Å². The minimum absolute atomic E-state index is 0.295. The zero-order valence-electron chi connectivity index (χ0n) is 15.3. The Morgan fingerprint density at radius 1 is 0.645 bits per heavy atom. The molecule has 2 aromatic heterocycles. The van der Waals surface area contributed by atoms with E-state index in [1.165, 1.54) is 36.4 Å². The largest absolute Gasteiger partial charge is 0.321 e. The van der Waals surface area contributed by atoms with E-state index in [1.807, 2.05) is 0 Å². The van der Waals surface area contributed by atoms with Crippen LogP contribution in [0.3, 0.4) is 0 Å². The first-order chi connectivity index (χ1) is 14.5. The van der Waals surface area contributed by atoms with Gasteiger partial charge in [-0.3, -0.25) is 9.59 Å². The van der Waals surface area contributed by atoms with E-state index in [2.05, 4.69) is 9.97 Å². The maximum absolute atomic E-state index is 12.8. The summed E-state index contributed by atoms with van der Waals surface area (Å²) in [5, 5.41) is -0.0956. The summed E-state index contributed by atoms with van der Waals surface area (Å²) in [6, 6.07) is 11.0. The highest BCUT2D eigenvalue weighted by atomic mass is 35.5. The number of H-pyrrole nitrogens is 2. The normalized spacial score (nSPS) is 12.5. The maximum Gasteiger partial charge on any atom is 0.267 e. The SMILES string of the molecule is O=c1[nH]c2cc(Cl)ccc2cc1S(=O)(=O)CS(=O)(=O)c1cc2ccc(Cl)cc2[nH]c1=O. The molecule has 160 valence electrons. The van der Waals surface area contributed by atoms with Crippen LogP contribution in [-0.4, -0.2) is 31.9 Å². The summed E-state index contributed by atoms with van der Waals surface area (Å²) in [5.74, 6) is 0. The summed E-state index contributed by atoms with van der Waals surface area (Å²) in [6.07, 6.45) is 0. The molecular formula is C19H12Cl2N2O6S2. The van der Waals surface area contributed by atoms with Crippen molar-refractivity contribution in [2.45, 2.75) is 9.79 Å². The molecule has 0 radical (unpaired) electrons. The average Bonchev–Trinajstić information content (AvgIpc) is 2.65. The van der Waals surface area contributed by atoms with Gasteiger partial charge < -0.3 is 9.97 Å². The van der Waals surface area contributed by atoms with Gasteiger partial charge in [0.2, 0.25) is 0 Å². The van der Waals surface area contributed by atoms with Crippen LogP contribution in [0.25, 0.3) is 21.8 Å². The number of rotatable bonds is 4. The summed E-state index contributed by atoms with van der Waals surface area (Å²) in [6.45, 7) is 0. The second kappa shape index (κ2) is 7.49. The van der Waals surface area contributed by atoms with Gasteiger partial charge in [-0.2, -0.15) is 0 Å². The third-order valence-electron chi connectivity index (χ3n) is 4.53. The topological polar surface area (TPSA) is 134 Å². The van der Waals surface area contributed by atoms with E-state index in [1.54, 1.807) is 0 Å². The molecule has 4 aromatic rings. The van der Waals surface area contributed by atoms with E-state index in [4.69, 9.17) is 23.2 Å². The Hall–Kier alpha value is -2.66. The predicted molar refractivity (Wildman–Crippen MR) is 118 cm³/mol. The van der Waals surface area contributed by atoms with Crippen LogP contribution in [0.2, 0.25) is 10.0 Å². The minimum atomic E-state index is -4.61. The van der Waals surface area contributed by atoms with Gasteiger partial charge in [0.25, 0.3) is 11.1 Å². The molecule has 0 aliphatic carbocycles. The number of aromatic nitrogens is 2. The van der Waals surface area contributed by atoms with Gasteiger partial charge in [-0.25, -0.2) is 16.8 Å². The smallest absolute Gasteiger partial charge is 0.267 e. The lowest BCUT2D eigenvalue weighted by molar-refractivity contribution is 0.587.